The Morgan fingerprint density at radius 2 is 1.07 bits per heavy atom. The third-order valence-electron chi connectivity index (χ3n) is 8.65. The average Bonchev–Trinajstić information content (AvgIpc) is 2.73. The summed E-state index contributed by atoms with van der Waals surface area (Å²) in [4.78, 5) is 2.89. The molecule has 158 valence electrons. The summed E-state index contributed by atoms with van der Waals surface area (Å²) < 4.78 is 0. The molecular weight excluding hydrogens is 326 g/mol. The molecule has 0 bridgehead atoms. The molecule has 1 heteroatoms. The van der Waals surface area contributed by atoms with Gasteiger partial charge in [-0.3, -0.25) is 0 Å². The van der Waals surface area contributed by atoms with Gasteiger partial charge in [-0.1, -0.05) is 71.6 Å². The molecule has 1 heterocycles. The van der Waals surface area contributed by atoms with Crippen molar-refractivity contribution in [1.82, 2.24) is 4.90 Å². The zero-order valence-electron chi connectivity index (χ0n) is 18.8. The maximum atomic E-state index is 2.89. The standard InChI is InChI=1S/C26H49N/c1-3-5-7-9-22-10-12-24(13-11-22)25-14-16-26(17-15-25)27-20-18-23(19-21-27)8-6-4-2/h22-26H,3-21H2,1-2H3/t22-,24-,25?,26?. The van der Waals surface area contributed by atoms with Crippen molar-refractivity contribution in [2.75, 3.05) is 13.1 Å². The zero-order valence-corrected chi connectivity index (χ0v) is 18.8. The summed E-state index contributed by atoms with van der Waals surface area (Å²) in [7, 11) is 0. The first-order valence-corrected chi connectivity index (χ1v) is 13.0. The molecular formula is C26H49N. The molecule has 0 unspecified atom stereocenters. The van der Waals surface area contributed by atoms with Crippen LogP contribution < -0.4 is 0 Å². The van der Waals surface area contributed by atoms with E-state index in [9.17, 15) is 0 Å². The molecule has 0 aromatic heterocycles. The first kappa shape index (κ1) is 21.7. The van der Waals surface area contributed by atoms with Crippen LogP contribution in [0.4, 0.5) is 0 Å². The number of nitrogens with zero attached hydrogens (tertiary/aromatic N) is 1. The average molecular weight is 376 g/mol. The number of hydrogen-bond acceptors (Lipinski definition) is 1. The molecule has 0 atom stereocenters. The van der Waals surface area contributed by atoms with Gasteiger partial charge in [0.2, 0.25) is 0 Å². The number of piperidine rings is 1. The van der Waals surface area contributed by atoms with Crippen LogP contribution in [0.1, 0.15) is 123 Å². The van der Waals surface area contributed by atoms with E-state index in [2.05, 4.69) is 18.7 Å². The van der Waals surface area contributed by atoms with Crippen molar-refractivity contribution in [3.63, 3.8) is 0 Å². The molecule has 0 radical (unpaired) electrons. The van der Waals surface area contributed by atoms with Gasteiger partial charge in [0.1, 0.15) is 0 Å². The largest absolute Gasteiger partial charge is 0.300 e. The van der Waals surface area contributed by atoms with E-state index in [4.69, 9.17) is 0 Å². The fourth-order valence-electron chi connectivity index (χ4n) is 6.67. The lowest BCUT2D eigenvalue weighted by Crippen LogP contribution is -2.43. The van der Waals surface area contributed by atoms with Crippen LogP contribution in [0.25, 0.3) is 0 Å². The Kier molecular flexibility index (Phi) is 9.50. The highest BCUT2D eigenvalue weighted by Gasteiger charge is 2.33. The van der Waals surface area contributed by atoms with Crippen LogP contribution in [0.3, 0.4) is 0 Å². The molecule has 1 nitrogen and oxygen atoms in total. The van der Waals surface area contributed by atoms with Crippen molar-refractivity contribution in [3.05, 3.63) is 0 Å². The zero-order chi connectivity index (χ0) is 18.9. The number of rotatable bonds is 9. The maximum Gasteiger partial charge on any atom is 0.00954 e. The highest BCUT2D eigenvalue weighted by atomic mass is 15.2. The normalized spacial score (nSPS) is 34.0. The molecule has 3 aliphatic rings. The first-order valence-electron chi connectivity index (χ1n) is 13.0. The van der Waals surface area contributed by atoms with Gasteiger partial charge in [-0.2, -0.15) is 0 Å². The van der Waals surface area contributed by atoms with Crippen LogP contribution in [0.2, 0.25) is 0 Å². The highest BCUT2D eigenvalue weighted by Crippen LogP contribution is 2.42. The maximum absolute atomic E-state index is 2.89. The molecule has 0 aromatic carbocycles. The fourth-order valence-corrected chi connectivity index (χ4v) is 6.67. The molecule has 0 aromatic rings. The predicted molar refractivity (Wildman–Crippen MR) is 119 cm³/mol. The quantitative estimate of drug-likeness (QED) is 0.371. The lowest BCUT2D eigenvalue weighted by molar-refractivity contribution is 0.0718. The number of hydrogen-bond donors (Lipinski definition) is 0. The second kappa shape index (κ2) is 11.8. The van der Waals surface area contributed by atoms with E-state index in [0.29, 0.717) is 0 Å². The summed E-state index contributed by atoms with van der Waals surface area (Å²) in [5, 5.41) is 0. The number of unbranched alkanes of at least 4 members (excludes halogenated alkanes) is 3. The Balaban J connectivity index is 1.31. The van der Waals surface area contributed by atoms with Gasteiger partial charge in [0.15, 0.2) is 0 Å². The van der Waals surface area contributed by atoms with Crippen molar-refractivity contribution in [3.8, 4) is 0 Å². The Morgan fingerprint density at radius 1 is 0.556 bits per heavy atom. The van der Waals surface area contributed by atoms with Gasteiger partial charge in [0.25, 0.3) is 0 Å². The summed E-state index contributed by atoms with van der Waals surface area (Å²) in [6.45, 7) is 7.49. The van der Waals surface area contributed by atoms with Crippen molar-refractivity contribution in [1.29, 1.82) is 0 Å². The summed E-state index contributed by atoms with van der Waals surface area (Å²) in [6.07, 6.45) is 25.5. The van der Waals surface area contributed by atoms with Crippen molar-refractivity contribution in [2.24, 2.45) is 23.7 Å². The smallest absolute Gasteiger partial charge is 0.00954 e. The van der Waals surface area contributed by atoms with E-state index in [-0.39, 0.29) is 0 Å². The topological polar surface area (TPSA) is 3.24 Å². The highest BCUT2D eigenvalue weighted by molar-refractivity contribution is 4.87. The van der Waals surface area contributed by atoms with Crippen molar-refractivity contribution >= 4 is 0 Å². The monoisotopic (exact) mass is 375 g/mol. The molecule has 3 rings (SSSR count). The van der Waals surface area contributed by atoms with E-state index in [0.717, 1.165) is 29.7 Å². The van der Waals surface area contributed by atoms with Crippen LogP contribution in [-0.2, 0) is 0 Å². The second-order valence-electron chi connectivity index (χ2n) is 10.5. The summed E-state index contributed by atoms with van der Waals surface area (Å²) in [5.41, 5.74) is 0. The second-order valence-corrected chi connectivity index (χ2v) is 10.5. The molecule has 2 saturated carbocycles. The van der Waals surface area contributed by atoms with Gasteiger partial charge in [-0.05, 0) is 88.1 Å². The molecule has 2 aliphatic carbocycles. The minimum absolute atomic E-state index is 0.943. The van der Waals surface area contributed by atoms with Crippen LogP contribution >= 0.6 is 0 Å². The van der Waals surface area contributed by atoms with E-state index in [1.54, 1.807) is 38.5 Å². The van der Waals surface area contributed by atoms with Crippen LogP contribution in [0.15, 0.2) is 0 Å². The summed E-state index contributed by atoms with van der Waals surface area (Å²) >= 11 is 0. The summed E-state index contributed by atoms with van der Waals surface area (Å²) in [6, 6.07) is 0.943. The van der Waals surface area contributed by atoms with E-state index in [1.807, 2.05) is 0 Å². The third-order valence-corrected chi connectivity index (χ3v) is 8.65. The van der Waals surface area contributed by atoms with Crippen molar-refractivity contribution in [2.45, 2.75) is 129 Å². The Morgan fingerprint density at radius 3 is 1.67 bits per heavy atom. The molecule has 1 aliphatic heterocycles. The molecule has 3 fully saturated rings. The van der Waals surface area contributed by atoms with E-state index >= 15 is 0 Å². The Hall–Kier alpha value is -0.0400. The van der Waals surface area contributed by atoms with Gasteiger partial charge < -0.3 is 4.90 Å². The van der Waals surface area contributed by atoms with Gasteiger partial charge >= 0.3 is 0 Å². The van der Waals surface area contributed by atoms with Crippen LogP contribution in [-0.4, -0.2) is 24.0 Å². The minimum Gasteiger partial charge on any atom is -0.300 e. The lowest BCUT2D eigenvalue weighted by atomic mass is 9.69. The molecule has 1 saturated heterocycles. The third kappa shape index (κ3) is 6.76. The fraction of sp³-hybridized carbons (Fsp3) is 1.00. The molecule has 0 spiro atoms. The lowest BCUT2D eigenvalue weighted by Gasteiger charge is -2.43. The van der Waals surface area contributed by atoms with Gasteiger partial charge in [-0.25, -0.2) is 0 Å². The van der Waals surface area contributed by atoms with Crippen molar-refractivity contribution < 1.29 is 0 Å². The Labute approximate surface area is 171 Å². The minimum atomic E-state index is 0.943. The molecule has 0 N–H and O–H groups in total. The van der Waals surface area contributed by atoms with Gasteiger partial charge in [0.05, 0.1) is 0 Å². The molecule has 0 amide bonds. The first-order chi connectivity index (χ1) is 13.3. The predicted octanol–water partition coefficient (Wildman–Crippen LogP) is 7.83. The van der Waals surface area contributed by atoms with Gasteiger partial charge in [-0.15, -0.1) is 0 Å². The molecule has 27 heavy (non-hydrogen) atoms. The summed E-state index contributed by atoms with van der Waals surface area (Å²) in [5.74, 6) is 4.30. The van der Waals surface area contributed by atoms with Gasteiger partial charge in [0, 0.05) is 6.04 Å². The van der Waals surface area contributed by atoms with Crippen LogP contribution in [0, 0.1) is 23.7 Å². The van der Waals surface area contributed by atoms with Crippen LogP contribution in [0.5, 0.6) is 0 Å². The van der Waals surface area contributed by atoms with E-state index in [1.165, 1.54) is 83.7 Å². The number of likely N-dealkylation sites (tertiary alicyclic amines) is 1. The Bertz CT molecular complexity index is 368. The van der Waals surface area contributed by atoms with E-state index < -0.39 is 0 Å². The SMILES string of the molecule is CCCCC[C@H]1CC[C@H](C2CCC(N3CCC(CCCC)CC3)CC2)CC1.